The summed E-state index contributed by atoms with van der Waals surface area (Å²) in [6.45, 7) is 2.23. The van der Waals surface area contributed by atoms with Crippen molar-refractivity contribution in [1.29, 1.82) is 0 Å². The largest absolute Gasteiger partial charge is 0.380 e. The van der Waals surface area contributed by atoms with Gasteiger partial charge in [0.25, 0.3) is 5.91 Å². The van der Waals surface area contributed by atoms with E-state index >= 15 is 0 Å². The van der Waals surface area contributed by atoms with Crippen molar-refractivity contribution in [2.24, 2.45) is 0 Å². The maximum absolute atomic E-state index is 12.8. The van der Waals surface area contributed by atoms with Gasteiger partial charge in [-0.2, -0.15) is 0 Å². The van der Waals surface area contributed by atoms with Crippen LogP contribution in [0.5, 0.6) is 0 Å². The van der Waals surface area contributed by atoms with Gasteiger partial charge in [0.15, 0.2) is 0 Å². The van der Waals surface area contributed by atoms with Gasteiger partial charge in [-0.15, -0.1) is 0 Å². The summed E-state index contributed by atoms with van der Waals surface area (Å²) in [5.74, 6) is 0.546. The highest BCUT2D eigenvalue weighted by atomic mass is 16.5. The maximum atomic E-state index is 12.8. The van der Waals surface area contributed by atoms with Crippen molar-refractivity contribution in [3.63, 3.8) is 0 Å². The molecule has 3 heterocycles. The Bertz CT molecular complexity index is 723. The number of imidazole rings is 1. The van der Waals surface area contributed by atoms with E-state index < -0.39 is 0 Å². The van der Waals surface area contributed by atoms with Gasteiger partial charge in [0, 0.05) is 49.8 Å². The molecule has 0 bridgehead atoms. The van der Waals surface area contributed by atoms with Crippen molar-refractivity contribution in [2.45, 2.75) is 25.5 Å². The number of carbonyl (C=O) groups is 1. The average Bonchev–Trinajstić information content (AvgIpc) is 3.14. The zero-order valence-electron chi connectivity index (χ0n) is 12.5. The minimum atomic E-state index is -0.277. The van der Waals surface area contributed by atoms with Crippen molar-refractivity contribution in [2.75, 3.05) is 13.7 Å². The molecule has 0 saturated carbocycles. The Morgan fingerprint density at radius 2 is 2.27 bits per heavy atom. The van der Waals surface area contributed by atoms with Crippen LogP contribution in [0.2, 0.25) is 0 Å². The summed E-state index contributed by atoms with van der Waals surface area (Å²) < 4.78 is 5.40. The van der Waals surface area contributed by atoms with Crippen molar-refractivity contribution < 1.29 is 9.53 Å². The van der Waals surface area contributed by atoms with Gasteiger partial charge < -0.3 is 19.6 Å². The van der Waals surface area contributed by atoms with Crippen LogP contribution >= 0.6 is 0 Å². The lowest BCUT2D eigenvalue weighted by molar-refractivity contribution is 0.0684. The summed E-state index contributed by atoms with van der Waals surface area (Å²) in [6.07, 6.45) is 4.03. The number of pyridine rings is 1. The molecule has 0 aromatic carbocycles. The topological polar surface area (TPSA) is 91.1 Å². The second-order valence-electron chi connectivity index (χ2n) is 5.46. The number of carbonyl (C=O) groups excluding carboxylic acids is 1. The number of methoxy groups -OCH3 is 1. The predicted octanol–water partition coefficient (Wildman–Crippen LogP) is 1.01. The number of aromatic nitrogens is 3. The molecule has 3 rings (SSSR count). The van der Waals surface area contributed by atoms with E-state index in [0.717, 1.165) is 5.82 Å². The first kappa shape index (κ1) is 14.5. The molecule has 1 unspecified atom stereocenters. The van der Waals surface area contributed by atoms with Gasteiger partial charge in [0.1, 0.15) is 5.82 Å². The summed E-state index contributed by atoms with van der Waals surface area (Å²) in [7, 11) is 1.63. The van der Waals surface area contributed by atoms with Gasteiger partial charge in [-0.3, -0.25) is 9.59 Å². The lowest BCUT2D eigenvalue weighted by atomic mass is 10.1. The number of nitrogens with one attached hydrogen (secondary N) is 2. The van der Waals surface area contributed by atoms with Crippen LogP contribution in [0.25, 0.3) is 0 Å². The number of amides is 1. The first-order valence-corrected chi connectivity index (χ1v) is 7.12. The number of aromatic amines is 2. The quantitative estimate of drug-likeness (QED) is 0.885. The van der Waals surface area contributed by atoms with Crippen LogP contribution in [0.1, 0.15) is 34.3 Å². The van der Waals surface area contributed by atoms with E-state index in [1.807, 2.05) is 0 Å². The Morgan fingerprint density at radius 1 is 1.45 bits per heavy atom. The third-order valence-corrected chi connectivity index (χ3v) is 3.92. The third-order valence-electron chi connectivity index (χ3n) is 3.92. The van der Waals surface area contributed by atoms with Gasteiger partial charge in [-0.1, -0.05) is 0 Å². The number of H-pyrrole nitrogens is 2. The Morgan fingerprint density at radius 3 is 2.91 bits per heavy atom. The van der Waals surface area contributed by atoms with Crippen LogP contribution in [0.15, 0.2) is 29.3 Å². The fraction of sp³-hybridized carbons (Fsp3) is 0.400. The zero-order chi connectivity index (χ0) is 15.7. The van der Waals surface area contributed by atoms with E-state index in [0.29, 0.717) is 24.2 Å². The van der Waals surface area contributed by atoms with E-state index in [1.165, 1.54) is 6.07 Å². The molecule has 0 aliphatic carbocycles. The summed E-state index contributed by atoms with van der Waals surface area (Å²) in [5, 5.41) is 0. The average molecular weight is 302 g/mol. The van der Waals surface area contributed by atoms with Crippen molar-refractivity contribution >= 4 is 5.91 Å². The zero-order valence-corrected chi connectivity index (χ0v) is 12.5. The van der Waals surface area contributed by atoms with Crippen molar-refractivity contribution in [3.05, 3.63) is 52.0 Å². The predicted molar refractivity (Wildman–Crippen MR) is 79.6 cm³/mol. The van der Waals surface area contributed by atoms with Crippen molar-refractivity contribution in [3.8, 4) is 0 Å². The lowest BCUT2D eigenvalue weighted by Gasteiger charge is -2.23. The fourth-order valence-corrected chi connectivity index (χ4v) is 2.88. The molecule has 2 N–H and O–H groups in total. The summed E-state index contributed by atoms with van der Waals surface area (Å²) >= 11 is 0. The fourth-order valence-electron chi connectivity index (χ4n) is 2.88. The van der Waals surface area contributed by atoms with Crippen molar-refractivity contribution in [1.82, 2.24) is 19.9 Å². The molecule has 7 nitrogen and oxygen atoms in total. The standard InChI is InChI=1S/C15H18N4O3/c1-9-5-10(6-13(20)18-9)15(21)19-8-11(22-2)7-12(19)14-16-3-4-17-14/h3-6,11-12H,7-8H2,1-2H3,(H,16,17)(H,18,20)/t11-,12?/m1/s1. The molecular formula is C15H18N4O3. The first-order chi connectivity index (χ1) is 10.6. The van der Waals surface area contributed by atoms with Crippen LogP contribution in [0.4, 0.5) is 0 Å². The normalized spacial score (nSPS) is 21.3. The number of aryl methyl sites for hydroxylation is 1. The molecule has 1 aliphatic heterocycles. The van der Waals surface area contributed by atoms with Crippen LogP contribution in [-0.2, 0) is 4.74 Å². The summed E-state index contributed by atoms with van der Waals surface area (Å²) in [4.78, 5) is 36.1. The number of nitrogens with zero attached hydrogens (tertiary/aromatic N) is 2. The molecule has 1 saturated heterocycles. The Balaban J connectivity index is 1.93. The minimum Gasteiger partial charge on any atom is -0.380 e. The number of hydrogen-bond acceptors (Lipinski definition) is 4. The molecule has 0 spiro atoms. The van der Waals surface area contributed by atoms with Crippen LogP contribution in [0, 0.1) is 6.92 Å². The smallest absolute Gasteiger partial charge is 0.254 e. The molecule has 1 amide bonds. The lowest BCUT2D eigenvalue weighted by Crippen LogP contribution is -2.33. The van der Waals surface area contributed by atoms with Gasteiger partial charge in [0.05, 0.1) is 12.1 Å². The van der Waals surface area contributed by atoms with Gasteiger partial charge in [-0.25, -0.2) is 4.98 Å². The maximum Gasteiger partial charge on any atom is 0.254 e. The number of likely N-dealkylation sites (tertiary alicyclic amines) is 1. The van der Waals surface area contributed by atoms with E-state index in [-0.39, 0.29) is 23.6 Å². The van der Waals surface area contributed by atoms with Gasteiger partial charge in [-0.05, 0) is 13.0 Å². The molecule has 1 fully saturated rings. The van der Waals surface area contributed by atoms with Gasteiger partial charge >= 0.3 is 0 Å². The molecule has 22 heavy (non-hydrogen) atoms. The first-order valence-electron chi connectivity index (χ1n) is 7.12. The van der Waals surface area contributed by atoms with E-state index in [4.69, 9.17) is 4.74 Å². The number of rotatable bonds is 3. The van der Waals surface area contributed by atoms with Crippen LogP contribution in [0.3, 0.4) is 0 Å². The molecule has 1 aliphatic rings. The molecule has 2 atom stereocenters. The van der Waals surface area contributed by atoms with E-state index in [9.17, 15) is 9.59 Å². The second kappa shape index (κ2) is 5.76. The SMILES string of the molecule is CO[C@@H]1CC(c2ncc[nH]2)N(C(=O)c2cc(C)[nH]c(=O)c2)C1. The molecular weight excluding hydrogens is 284 g/mol. The monoisotopic (exact) mass is 302 g/mol. The third kappa shape index (κ3) is 2.67. The highest BCUT2D eigenvalue weighted by Crippen LogP contribution is 2.32. The minimum absolute atomic E-state index is 0.0397. The van der Waals surface area contributed by atoms with Crippen LogP contribution < -0.4 is 5.56 Å². The summed E-state index contributed by atoms with van der Waals surface area (Å²) in [5.41, 5.74) is 0.767. The number of hydrogen-bond donors (Lipinski definition) is 2. The highest BCUT2D eigenvalue weighted by molar-refractivity contribution is 5.94. The molecule has 7 heteroatoms. The summed E-state index contributed by atoms with van der Waals surface area (Å²) in [6, 6.07) is 2.84. The Labute approximate surface area is 127 Å². The van der Waals surface area contributed by atoms with E-state index in [1.54, 1.807) is 37.4 Å². The molecule has 2 aromatic rings. The Kier molecular flexibility index (Phi) is 3.81. The Hall–Kier alpha value is -2.41. The molecule has 116 valence electrons. The van der Waals surface area contributed by atoms with Crippen LogP contribution in [-0.4, -0.2) is 45.5 Å². The van der Waals surface area contributed by atoms with E-state index in [2.05, 4.69) is 15.0 Å². The number of ether oxygens (including phenoxy) is 1. The molecule has 0 radical (unpaired) electrons. The second-order valence-corrected chi connectivity index (χ2v) is 5.46. The highest BCUT2D eigenvalue weighted by Gasteiger charge is 2.38. The van der Waals surface area contributed by atoms with Gasteiger partial charge in [0.2, 0.25) is 5.56 Å². The molecule has 2 aromatic heterocycles.